The number of rotatable bonds is 7. The minimum Gasteiger partial charge on any atom is -0.492 e. The number of halogens is 2. The van der Waals surface area contributed by atoms with Crippen LogP contribution in [0.15, 0.2) is 42.5 Å². The summed E-state index contributed by atoms with van der Waals surface area (Å²) in [5.74, 6) is 0.414. The van der Waals surface area contributed by atoms with Crippen molar-refractivity contribution >= 4 is 46.5 Å². The average Bonchev–Trinajstić information content (AvgIpc) is 3.22. The lowest BCUT2D eigenvalue weighted by molar-refractivity contribution is -0.116. The highest BCUT2D eigenvalue weighted by Crippen LogP contribution is 2.27. The fraction of sp³-hybridized carbons (Fsp3) is 0.333. The van der Waals surface area contributed by atoms with Crippen molar-refractivity contribution in [1.82, 2.24) is 4.90 Å². The molecule has 3 amide bonds. The largest absolute Gasteiger partial charge is 0.492 e. The van der Waals surface area contributed by atoms with Gasteiger partial charge in [0.1, 0.15) is 5.75 Å². The van der Waals surface area contributed by atoms with Crippen molar-refractivity contribution in [3.05, 3.63) is 52.5 Å². The monoisotopic (exact) mass is 435 g/mol. The first-order valence-corrected chi connectivity index (χ1v) is 10.3. The van der Waals surface area contributed by atoms with E-state index in [9.17, 15) is 9.59 Å². The second kappa shape index (κ2) is 10.4. The van der Waals surface area contributed by atoms with Crippen LogP contribution in [-0.4, -0.2) is 36.5 Å². The number of amides is 3. The van der Waals surface area contributed by atoms with E-state index < -0.39 is 0 Å². The molecule has 2 N–H and O–H groups in total. The van der Waals surface area contributed by atoms with Gasteiger partial charge in [0.2, 0.25) is 5.91 Å². The van der Waals surface area contributed by atoms with Gasteiger partial charge < -0.3 is 20.3 Å². The summed E-state index contributed by atoms with van der Waals surface area (Å²) in [6, 6.07) is 12.0. The Balaban J connectivity index is 1.42. The minimum absolute atomic E-state index is 0.107. The quantitative estimate of drug-likeness (QED) is 0.570. The Labute approximate surface area is 180 Å². The van der Waals surface area contributed by atoms with E-state index in [-0.39, 0.29) is 11.9 Å². The number of ether oxygens (including phenoxy) is 1. The minimum atomic E-state index is -0.126. The number of anilines is 2. The SMILES string of the molecule is O=C(CCCOc1ccc(Cl)cc1Cl)Nc1cccc(NC(=O)N2CCCC2)c1. The summed E-state index contributed by atoms with van der Waals surface area (Å²) < 4.78 is 5.58. The zero-order valence-corrected chi connectivity index (χ0v) is 17.4. The Kier molecular flexibility index (Phi) is 7.61. The summed E-state index contributed by atoms with van der Waals surface area (Å²) >= 11 is 11.9. The maximum Gasteiger partial charge on any atom is 0.321 e. The van der Waals surface area contributed by atoms with E-state index in [1.165, 1.54) is 0 Å². The molecule has 3 rings (SSSR count). The van der Waals surface area contributed by atoms with Crippen LogP contribution in [0.3, 0.4) is 0 Å². The summed E-state index contributed by atoms with van der Waals surface area (Å²) in [4.78, 5) is 26.1. The number of urea groups is 1. The number of carbonyl (C=O) groups excluding carboxylic acids is 2. The second-order valence-electron chi connectivity index (χ2n) is 6.78. The normalized spacial score (nSPS) is 13.2. The van der Waals surface area contributed by atoms with Crippen LogP contribution in [-0.2, 0) is 4.79 Å². The molecule has 6 nitrogen and oxygen atoms in total. The Morgan fingerprint density at radius 1 is 1.00 bits per heavy atom. The van der Waals surface area contributed by atoms with Crippen LogP contribution in [0.4, 0.5) is 16.2 Å². The molecule has 2 aromatic carbocycles. The molecule has 154 valence electrons. The molecule has 0 atom stereocenters. The molecule has 8 heteroatoms. The maximum atomic E-state index is 12.2. The molecule has 0 bridgehead atoms. The average molecular weight is 436 g/mol. The summed E-state index contributed by atoms with van der Waals surface area (Å²) in [5.41, 5.74) is 1.29. The third-order valence-electron chi connectivity index (χ3n) is 4.49. The van der Waals surface area contributed by atoms with E-state index in [1.54, 1.807) is 47.4 Å². The molecule has 0 spiro atoms. The van der Waals surface area contributed by atoms with Crippen LogP contribution in [0.5, 0.6) is 5.75 Å². The van der Waals surface area contributed by atoms with Crippen LogP contribution < -0.4 is 15.4 Å². The Hall–Kier alpha value is -2.44. The highest BCUT2D eigenvalue weighted by atomic mass is 35.5. The predicted molar refractivity (Wildman–Crippen MR) is 116 cm³/mol. The van der Waals surface area contributed by atoms with Crippen LogP contribution in [0, 0.1) is 0 Å². The third kappa shape index (κ3) is 6.54. The van der Waals surface area contributed by atoms with E-state index >= 15 is 0 Å². The van der Waals surface area contributed by atoms with Crippen molar-refractivity contribution in [1.29, 1.82) is 0 Å². The molecule has 0 unspecified atom stereocenters. The molecule has 0 aliphatic carbocycles. The van der Waals surface area contributed by atoms with Gasteiger partial charge in [0.25, 0.3) is 0 Å². The number of nitrogens with zero attached hydrogens (tertiary/aromatic N) is 1. The number of benzene rings is 2. The molecule has 1 fully saturated rings. The van der Waals surface area contributed by atoms with E-state index in [4.69, 9.17) is 27.9 Å². The first-order valence-electron chi connectivity index (χ1n) is 9.55. The van der Waals surface area contributed by atoms with Gasteiger partial charge in [0.05, 0.1) is 11.6 Å². The highest BCUT2D eigenvalue weighted by molar-refractivity contribution is 6.35. The van der Waals surface area contributed by atoms with Gasteiger partial charge in [-0.25, -0.2) is 4.79 Å². The summed E-state index contributed by atoms with van der Waals surface area (Å²) in [7, 11) is 0. The van der Waals surface area contributed by atoms with Crippen LogP contribution in [0.25, 0.3) is 0 Å². The Morgan fingerprint density at radius 2 is 1.72 bits per heavy atom. The summed E-state index contributed by atoms with van der Waals surface area (Å²) in [6.45, 7) is 1.93. The van der Waals surface area contributed by atoms with Gasteiger partial charge in [-0.05, 0) is 55.7 Å². The van der Waals surface area contributed by atoms with Gasteiger partial charge in [0.15, 0.2) is 0 Å². The Morgan fingerprint density at radius 3 is 2.45 bits per heavy atom. The van der Waals surface area contributed by atoms with Crippen LogP contribution in [0.1, 0.15) is 25.7 Å². The van der Waals surface area contributed by atoms with Crippen molar-refractivity contribution in [2.24, 2.45) is 0 Å². The summed E-state index contributed by atoms with van der Waals surface area (Å²) in [5, 5.41) is 6.69. The smallest absolute Gasteiger partial charge is 0.321 e. The Bertz CT molecular complexity index is 870. The molecule has 1 aliphatic rings. The van der Waals surface area contributed by atoms with Crippen molar-refractivity contribution in [3.63, 3.8) is 0 Å². The standard InChI is InChI=1S/C21H23Cl2N3O3/c22-15-8-9-19(18(23)13-15)29-12-4-7-20(27)24-16-5-3-6-17(14-16)25-21(28)26-10-1-2-11-26/h3,5-6,8-9,13-14H,1-2,4,7,10-12H2,(H,24,27)(H,25,28). The van der Waals surface area contributed by atoms with Gasteiger partial charge in [-0.15, -0.1) is 0 Å². The molecule has 0 radical (unpaired) electrons. The number of hydrogen-bond donors (Lipinski definition) is 2. The lowest BCUT2D eigenvalue weighted by Crippen LogP contribution is -2.32. The fourth-order valence-corrected chi connectivity index (χ4v) is 3.49. The molecule has 29 heavy (non-hydrogen) atoms. The molecule has 2 aromatic rings. The molecule has 0 aromatic heterocycles. The van der Waals surface area contributed by atoms with E-state index in [0.717, 1.165) is 25.9 Å². The van der Waals surface area contributed by atoms with Crippen molar-refractivity contribution < 1.29 is 14.3 Å². The van der Waals surface area contributed by atoms with Crippen LogP contribution >= 0.6 is 23.2 Å². The summed E-state index contributed by atoms with van der Waals surface area (Å²) in [6.07, 6.45) is 2.92. The molecule has 1 heterocycles. The molecule has 0 saturated carbocycles. The zero-order valence-electron chi connectivity index (χ0n) is 15.9. The first kappa shape index (κ1) is 21.3. The number of carbonyl (C=O) groups is 2. The topological polar surface area (TPSA) is 70.7 Å². The van der Waals surface area contributed by atoms with E-state index in [0.29, 0.717) is 46.6 Å². The molecule has 1 aliphatic heterocycles. The lowest BCUT2D eigenvalue weighted by atomic mass is 10.2. The molecule has 1 saturated heterocycles. The number of nitrogens with one attached hydrogen (secondary N) is 2. The highest BCUT2D eigenvalue weighted by Gasteiger charge is 2.17. The van der Waals surface area contributed by atoms with E-state index in [1.807, 2.05) is 0 Å². The third-order valence-corrected chi connectivity index (χ3v) is 5.02. The first-order chi connectivity index (χ1) is 14.0. The zero-order chi connectivity index (χ0) is 20.6. The second-order valence-corrected chi connectivity index (χ2v) is 7.62. The van der Waals surface area contributed by atoms with Gasteiger partial charge in [-0.2, -0.15) is 0 Å². The lowest BCUT2D eigenvalue weighted by Gasteiger charge is -2.16. The molecular formula is C21H23Cl2N3O3. The fourth-order valence-electron chi connectivity index (χ4n) is 3.03. The van der Waals surface area contributed by atoms with Crippen molar-refractivity contribution in [2.75, 3.05) is 30.3 Å². The predicted octanol–water partition coefficient (Wildman–Crippen LogP) is 5.42. The van der Waals surface area contributed by atoms with Crippen molar-refractivity contribution in [2.45, 2.75) is 25.7 Å². The van der Waals surface area contributed by atoms with Crippen LogP contribution in [0.2, 0.25) is 10.0 Å². The van der Waals surface area contributed by atoms with Gasteiger partial charge in [-0.1, -0.05) is 29.3 Å². The van der Waals surface area contributed by atoms with Crippen molar-refractivity contribution in [3.8, 4) is 5.75 Å². The van der Waals surface area contributed by atoms with Gasteiger partial charge in [0, 0.05) is 35.9 Å². The van der Waals surface area contributed by atoms with Gasteiger partial charge in [-0.3, -0.25) is 4.79 Å². The molecular weight excluding hydrogens is 413 g/mol. The maximum absolute atomic E-state index is 12.2. The number of likely N-dealkylation sites (tertiary alicyclic amines) is 1. The number of hydrogen-bond acceptors (Lipinski definition) is 3. The van der Waals surface area contributed by atoms with E-state index in [2.05, 4.69) is 10.6 Å². The van der Waals surface area contributed by atoms with Gasteiger partial charge >= 0.3 is 6.03 Å².